The number of carboxylic acid groups (broad SMARTS) is 3. The summed E-state index contributed by atoms with van der Waals surface area (Å²) in [5.41, 5.74) is 11.2. The number of nitriles is 1. The van der Waals surface area contributed by atoms with E-state index in [-0.39, 0.29) is 90.8 Å². The Morgan fingerprint density at radius 3 is 0.907 bits per heavy atom. The lowest BCUT2D eigenvalue weighted by Gasteiger charge is -2.36. The summed E-state index contributed by atoms with van der Waals surface area (Å²) in [4.78, 5) is 182. The molecule has 810 valence electrons. The summed E-state index contributed by atoms with van der Waals surface area (Å²) in [5.74, 6) is 22.4. The molecule has 0 radical (unpaired) electrons. The number of carbonyl (C=O) groups is 6. The summed E-state index contributed by atoms with van der Waals surface area (Å²) in [6.07, 6.45) is -15.6. The van der Waals surface area contributed by atoms with E-state index in [9.17, 15) is 90.5 Å². The van der Waals surface area contributed by atoms with Crippen molar-refractivity contribution in [3.05, 3.63) is 69.2 Å². The molecule has 0 bridgehead atoms. The van der Waals surface area contributed by atoms with Crippen LogP contribution in [-0.2, 0) is 108 Å². The number of aliphatic carboxylic acids is 3. The zero-order valence-corrected chi connectivity index (χ0v) is 85.6. The van der Waals surface area contributed by atoms with Gasteiger partial charge in [-0.25, -0.2) is 37.6 Å². The number of imidazole rings is 5. The first kappa shape index (κ1) is 119. The quantitative estimate of drug-likeness (QED) is 0.0330. The molecule has 0 spiro atoms. The van der Waals surface area contributed by atoms with Crippen molar-refractivity contribution in [1.29, 1.82) is 5.26 Å². The third-order valence-electron chi connectivity index (χ3n) is 22.0. The number of alkyl halides is 9. The Balaban J connectivity index is 0.000000218. The van der Waals surface area contributed by atoms with E-state index < -0.39 is 85.6 Å². The highest BCUT2D eigenvalue weighted by molar-refractivity contribution is 7.91. The van der Waals surface area contributed by atoms with E-state index in [0.29, 0.717) is 116 Å². The van der Waals surface area contributed by atoms with E-state index in [2.05, 4.69) is 150 Å². The number of piperazine rings is 5. The van der Waals surface area contributed by atoms with Crippen molar-refractivity contribution in [1.82, 2.24) is 122 Å². The van der Waals surface area contributed by atoms with Crippen molar-refractivity contribution >= 4 is 142 Å². The van der Waals surface area contributed by atoms with Crippen LogP contribution in [0.25, 0.3) is 55.8 Å². The van der Waals surface area contributed by atoms with Crippen molar-refractivity contribution in [3.63, 3.8) is 0 Å². The van der Waals surface area contributed by atoms with Crippen molar-refractivity contribution in [2.24, 2.45) is 46.7 Å². The Bertz CT molecular complexity index is 7520. The number of sulfone groups is 1. The molecule has 1 atom stereocenters. The van der Waals surface area contributed by atoms with Crippen LogP contribution in [0.15, 0.2) is 34.3 Å². The fourth-order valence-electron chi connectivity index (χ4n) is 14.6. The number of hydrogen-bond donors (Lipinski definition) is 9. The van der Waals surface area contributed by atoms with Crippen LogP contribution in [0, 0.1) is 70.5 Å². The minimum Gasteiger partial charge on any atom is -0.475 e. The van der Waals surface area contributed by atoms with Gasteiger partial charge in [0.05, 0.1) is 49.3 Å². The highest BCUT2D eigenvalue weighted by atomic mass is 32.2. The van der Waals surface area contributed by atoms with Crippen LogP contribution in [0.3, 0.4) is 0 Å². The van der Waals surface area contributed by atoms with Gasteiger partial charge in [-0.05, 0) is 55.4 Å². The largest absolute Gasteiger partial charge is 0.490 e. The van der Waals surface area contributed by atoms with Crippen LogP contribution >= 0.6 is 0 Å². The van der Waals surface area contributed by atoms with Gasteiger partial charge in [-0.1, -0.05) is 43.4 Å². The molecule has 62 heteroatoms. The van der Waals surface area contributed by atoms with Gasteiger partial charge in [0.25, 0.3) is 39.6 Å². The summed E-state index contributed by atoms with van der Waals surface area (Å²) in [6, 6.07) is 1.93. The summed E-state index contributed by atoms with van der Waals surface area (Å²) in [7, 11) is 2.52. The van der Waals surface area contributed by atoms with Gasteiger partial charge < -0.3 is 82.2 Å². The number of nitrogens with zero attached hydrogens (tertiary/aromatic N) is 27. The average molecular weight is 2150 g/mol. The lowest BCUT2D eigenvalue weighted by Crippen LogP contribution is -2.50. The number of rotatable bonds is 16. The second kappa shape index (κ2) is 52.0. The predicted molar refractivity (Wildman–Crippen MR) is 529 cm³/mol. The number of amides is 3. The topological polar surface area (TPSA) is 630 Å². The Morgan fingerprint density at radius 2 is 0.653 bits per heavy atom. The Kier molecular flexibility index (Phi) is 41.3. The van der Waals surface area contributed by atoms with Crippen LogP contribution in [0.4, 0.5) is 74.0 Å². The number of carboxylic acids is 3. The molecule has 5 aliphatic rings. The van der Waals surface area contributed by atoms with Crippen LogP contribution in [0.5, 0.6) is 0 Å². The fraction of sp³-hybridized carbons (Fsp3) is 0.523. The summed E-state index contributed by atoms with van der Waals surface area (Å²) < 4.78 is 152. The molecule has 0 aromatic carbocycles. The maximum atomic E-state index is 12.9. The van der Waals surface area contributed by atoms with Crippen molar-refractivity contribution in [2.75, 3.05) is 167 Å². The molecule has 15 heterocycles. The number of fused-ring (bicyclic) bond motifs is 5. The van der Waals surface area contributed by atoms with Gasteiger partial charge in [0.15, 0.2) is 55.8 Å². The maximum Gasteiger partial charge on any atom is 0.490 e. The van der Waals surface area contributed by atoms with Crippen LogP contribution in [0.1, 0.15) is 96.3 Å². The fourth-order valence-corrected chi connectivity index (χ4v) is 16.4. The molecule has 5 aliphatic heterocycles. The number of carbonyl (C=O) groups excluding carboxylic acids is 3. The number of aromatic nitrogens is 20. The maximum absolute atomic E-state index is 12.9. The molecule has 150 heavy (non-hydrogen) atoms. The van der Waals surface area contributed by atoms with Crippen molar-refractivity contribution in [2.45, 2.75) is 136 Å². The lowest BCUT2D eigenvalue weighted by molar-refractivity contribution is -0.193. The van der Waals surface area contributed by atoms with E-state index in [0.717, 1.165) is 118 Å². The Hall–Kier alpha value is -16.0. The van der Waals surface area contributed by atoms with E-state index in [1.165, 1.54) is 37.2 Å². The first-order valence-electron chi connectivity index (χ1n) is 45.5. The molecule has 10 aromatic rings. The standard InChI is InChI=1S/C20H27N7O4.C16H22N6O3S.C16H22N6O2S.C15H19N7O2.C15H17N7O.3C2HF3O2/c1-6-7-8-27-13-15(22-16(14(21)28)24(5)17(13)29)23-18(27)25-9-11-26(12-10-25)19(30)31-20(2,3)4;1-4-6-9-22-12-13(18-15(22)21-10-7-17-8-11-21)19-16(20(3)14(12)23)26(24,25)5-2;1-4-6-9-22-12-13(18-15(22)21-10-7-17-8-11-21)19-16(25(24)5-2)20(3)14(12)23;1-3-4-7-22-10-12(18-13(11(16)23)20(2)14(10)24)19-15(22)21-8-5-17-6-9-21;1-3-4-7-22-12-13(18-11(10-16)20(2)14(12)23)19-15(22)21-8-5-17-6-9-21;3*3-2(4,5)1(6)7/h8-12H2,1-5H3,(H2,21,28);17H,5,7-11H2,1-3H3;17H,5,7-11H2,1-3H3;17H,5-9H2,1-2H3,(H2,16,23);17H,5-9H2,1-2H3;3*(H,6,7). The average Bonchev–Trinajstić information content (AvgIpc) is 1.60. The highest BCUT2D eigenvalue weighted by Gasteiger charge is 2.41. The smallest absolute Gasteiger partial charge is 0.475 e. The molecule has 51 nitrogen and oxygen atoms in total. The van der Waals surface area contributed by atoms with Crippen LogP contribution < -0.4 is 85.0 Å². The van der Waals surface area contributed by atoms with Crippen LogP contribution in [0.2, 0.25) is 0 Å². The summed E-state index contributed by atoms with van der Waals surface area (Å²) in [6.45, 7) is 33.9. The molecular weight excluding hydrogens is 2040 g/mol. The molecule has 15 rings (SSSR count). The van der Waals surface area contributed by atoms with E-state index in [4.69, 9.17) is 51.2 Å². The molecule has 5 fully saturated rings. The van der Waals surface area contributed by atoms with E-state index in [1.807, 2.05) is 36.3 Å². The van der Waals surface area contributed by atoms with E-state index >= 15 is 0 Å². The number of primary amides is 2. The normalized spacial score (nSPS) is 14.3. The zero-order chi connectivity index (χ0) is 112. The Labute approximate surface area is 850 Å². The van der Waals surface area contributed by atoms with Gasteiger partial charge in [0.1, 0.15) is 11.7 Å². The molecule has 11 N–H and O–H groups in total. The molecule has 1 unspecified atom stereocenters. The number of ether oxygens (including phenoxy) is 1. The molecule has 0 saturated carbocycles. The third kappa shape index (κ3) is 29.3. The molecular formula is C88H110F9N33O18S2. The van der Waals surface area contributed by atoms with Gasteiger partial charge in [-0.2, -0.15) is 84.6 Å². The van der Waals surface area contributed by atoms with Gasteiger partial charge in [0.2, 0.25) is 67.4 Å². The minimum atomic E-state index is -5.08. The number of nitrogens with two attached hydrogens (primary N) is 2. The summed E-state index contributed by atoms with van der Waals surface area (Å²) >= 11 is 0. The van der Waals surface area contributed by atoms with E-state index in [1.54, 1.807) is 78.8 Å². The van der Waals surface area contributed by atoms with Gasteiger partial charge in [-0.3, -0.25) is 83.4 Å². The van der Waals surface area contributed by atoms with Crippen LogP contribution in [-0.4, -0.2) is 331 Å². The summed E-state index contributed by atoms with van der Waals surface area (Å²) in [5, 5.41) is 43.6. The number of halogens is 9. The van der Waals surface area contributed by atoms with Gasteiger partial charge in [0, 0.05) is 172 Å². The zero-order valence-electron chi connectivity index (χ0n) is 84.0. The first-order valence-corrected chi connectivity index (χ1v) is 48.4. The highest BCUT2D eigenvalue weighted by Crippen LogP contribution is 2.29. The second-order valence-corrected chi connectivity index (χ2v) is 36.9. The molecule has 10 aromatic heterocycles. The first-order chi connectivity index (χ1) is 70.6. The van der Waals surface area contributed by atoms with Crippen molar-refractivity contribution in [3.8, 4) is 65.3 Å². The minimum absolute atomic E-state index is 0.0561. The third-order valence-corrected chi connectivity index (χ3v) is 25.0. The molecule has 5 saturated heterocycles. The number of anilines is 5. The lowest BCUT2D eigenvalue weighted by atomic mass is 10.2. The second-order valence-electron chi connectivity index (χ2n) is 33.1. The monoisotopic (exact) mass is 2150 g/mol. The molecule has 0 aliphatic carbocycles. The Morgan fingerprint density at radius 1 is 0.400 bits per heavy atom. The number of hydrogen-bond acceptors (Lipinski definition) is 35. The predicted octanol–water partition coefficient (Wildman–Crippen LogP) is -0.648. The SMILES string of the molecule is CC#CCn1c(N2CCN(C(=O)OC(C)(C)C)CC2)nc2nc(C(N)=O)n(C)c(=O)c21.CC#CCn1c(N2CCNCC2)nc2nc(C#N)n(C)c(=O)c21.CC#CCn1c(N2CCNCC2)nc2nc(C(N)=O)n(C)c(=O)c21.CC#CCn1c(N2CCNCC2)nc2nc(S(=O)(=O)CC)n(C)c(=O)c21.CC#CCn1c(N2CCNCC2)nc2nc(S(=O)CC)n(C)c(=O)c21.O=C(O)C(F)(F)F.O=C(O)C(F)(F)F.O=C(O)C(F)(F)F. The van der Waals surface area contributed by atoms with Crippen molar-refractivity contribution < 1.29 is 101 Å². The van der Waals surface area contributed by atoms with Gasteiger partial charge >= 0.3 is 42.5 Å². The number of nitrogens with one attached hydrogen (secondary N) is 4. The van der Waals surface area contributed by atoms with Gasteiger partial charge in [-0.15, -0.1) is 29.6 Å². The molecule has 3 amide bonds.